The Kier molecular flexibility index (Phi) is 4.61. The average molecular weight is 428 g/mol. The van der Waals surface area contributed by atoms with Gasteiger partial charge in [0.05, 0.1) is 5.39 Å². The summed E-state index contributed by atoms with van der Waals surface area (Å²) in [6, 6.07) is 8.42. The lowest BCUT2D eigenvalue weighted by Gasteiger charge is -2.11. The molecule has 0 spiro atoms. The number of benzene rings is 1. The maximum Gasteiger partial charge on any atom is 0.197 e. The minimum Gasteiger partial charge on any atom is -0.302 e. The molecule has 0 N–H and O–H groups in total. The van der Waals surface area contributed by atoms with Crippen LogP contribution in [-0.2, 0) is 0 Å². The first-order valence-electron chi connectivity index (χ1n) is 9.22. The zero-order valence-corrected chi connectivity index (χ0v) is 17.9. The van der Waals surface area contributed by atoms with Crippen molar-refractivity contribution in [3.8, 4) is 11.1 Å². The summed E-state index contributed by atoms with van der Waals surface area (Å²) in [7, 11) is 0. The van der Waals surface area contributed by atoms with Gasteiger partial charge in [0.15, 0.2) is 5.16 Å². The van der Waals surface area contributed by atoms with Crippen LogP contribution in [0.1, 0.15) is 44.5 Å². The quantitative estimate of drug-likeness (QED) is 0.354. The molecule has 0 atom stereocenters. The van der Waals surface area contributed by atoms with Crippen LogP contribution in [-0.4, -0.2) is 24.7 Å². The molecule has 1 fully saturated rings. The highest BCUT2D eigenvalue weighted by molar-refractivity contribution is 7.99. The molecular weight excluding hydrogens is 410 g/mol. The van der Waals surface area contributed by atoms with Crippen molar-refractivity contribution in [2.24, 2.45) is 0 Å². The molecule has 5 rings (SSSR count). The van der Waals surface area contributed by atoms with E-state index in [1.165, 1.54) is 12.8 Å². The third-order valence-electron chi connectivity index (χ3n) is 4.80. The Morgan fingerprint density at radius 3 is 2.64 bits per heavy atom. The second-order valence-corrected chi connectivity index (χ2v) is 9.46. The molecule has 0 aliphatic heterocycles. The van der Waals surface area contributed by atoms with Crippen LogP contribution in [0.2, 0.25) is 5.02 Å². The van der Waals surface area contributed by atoms with Gasteiger partial charge in [0.1, 0.15) is 22.0 Å². The van der Waals surface area contributed by atoms with E-state index < -0.39 is 0 Å². The molecule has 1 aliphatic rings. The standard InChI is InChI=1S/C20H18ClN5S2/c1-11(2)17-24-25-20(26(17)14-7-8-14)28-19-16-15(9-27-18(16)22-10-23-19)12-3-5-13(21)6-4-12/h3-6,9-11,14H,7-8H2,1-2H3. The lowest BCUT2D eigenvalue weighted by Crippen LogP contribution is -2.04. The summed E-state index contributed by atoms with van der Waals surface area (Å²) in [5.41, 5.74) is 2.24. The molecule has 0 saturated heterocycles. The van der Waals surface area contributed by atoms with Crippen LogP contribution >= 0.6 is 34.7 Å². The molecule has 3 heterocycles. The van der Waals surface area contributed by atoms with Gasteiger partial charge in [-0.1, -0.05) is 37.6 Å². The van der Waals surface area contributed by atoms with Crippen LogP contribution in [0, 0.1) is 0 Å². The fourth-order valence-electron chi connectivity index (χ4n) is 3.28. The molecule has 0 unspecified atom stereocenters. The monoisotopic (exact) mass is 427 g/mol. The van der Waals surface area contributed by atoms with Gasteiger partial charge >= 0.3 is 0 Å². The third-order valence-corrected chi connectivity index (χ3v) is 6.90. The van der Waals surface area contributed by atoms with Crippen molar-refractivity contribution in [3.05, 3.63) is 46.8 Å². The van der Waals surface area contributed by atoms with Crippen LogP contribution in [0.25, 0.3) is 21.3 Å². The smallest absolute Gasteiger partial charge is 0.197 e. The Balaban J connectivity index is 1.61. The van der Waals surface area contributed by atoms with E-state index in [9.17, 15) is 0 Å². The summed E-state index contributed by atoms with van der Waals surface area (Å²) >= 11 is 9.28. The highest BCUT2D eigenvalue weighted by atomic mass is 35.5. The molecule has 4 aromatic rings. The first-order chi connectivity index (χ1) is 13.6. The van der Waals surface area contributed by atoms with Gasteiger partial charge in [-0.3, -0.25) is 0 Å². The molecule has 0 bridgehead atoms. The molecule has 0 radical (unpaired) electrons. The van der Waals surface area contributed by atoms with E-state index in [-0.39, 0.29) is 0 Å². The highest BCUT2D eigenvalue weighted by Crippen LogP contribution is 2.44. The third kappa shape index (κ3) is 3.21. The zero-order valence-electron chi connectivity index (χ0n) is 15.5. The number of hydrogen-bond acceptors (Lipinski definition) is 6. The van der Waals surface area contributed by atoms with Crippen molar-refractivity contribution in [2.45, 2.75) is 48.8 Å². The second kappa shape index (κ2) is 7.13. The lowest BCUT2D eigenvalue weighted by atomic mass is 10.1. The van der Waals surface area contributed by atoms with Crippen LogP contribution in [0.5, 0.6) is 0 Å². The molecule has 3 aromatic heterocycles. The fourth-order valence-corrected chi connectivity index (χ4v) is 5.39. The van der Waals surface area contributed by atoms with E-state index in [1.54, 1.807) is 29.4 Å². The molecule has 8 heteroatoms. The van der Waals surface area contributed by atoms with Crippen molar-refractivity contribution in [2.75, 3.05) is 0 Å². The van der Waals surface area contributed by atoms with Gasteiger partial charge in [-0.15, -0.1) is 21.5 Å². The number of hydrogen-bond donors (Lipinski definition) is 0. The highest BCUT2D eigenvalue weighted by Gasteiger charge is 2.31. The van der Waals surface area contributed by atoms with Crippen LogP contribution in [0.4, 0.5) is 0 Å². The Morgan fingerprint density at radius 1 is 1.14 bits per heavy atom. The van der Waals surface area contributed by atoms with Crippen molar-refractivity contribution in [1.29, 1.82) is 0 Å². The zero-order chi connectivity index (χ0) is 19.3. The predicted molar refractivity (Wildman–Crippen MR) is 114 cm³/mol. The fraction of sp³-hybridized carbons (Fsp3) is 0.300. The van der Waals surface area contributed by atoms with E-state index in [2.05, 4.69) is 44.0 Å². The Labute approximate surface area is 176 Å². The Morgan fingerprint density at radius 2 is 1.93 bits per heavy atom. The second-order valence-electron chi connectivity index (χ2n) is 7.21. The number of thiophene rings is 1. The first kappa shape index (κ1) is 18.1. The van der Waals surface area contributed by atoms with Gasteiger partial charge in [0.25, 0.3) is 0 Å². The number of halogens is 1. The van der Waals surface area contributed by atoms with E-state index in [0.29, 0.717) is 12.0 Å². The van der Waals surface area contributed by atoms with Crippen LogP contribution < -0.4 is 0 Å². The minimum atomic E-state index is 0.346. The number of aromatic nitrogens is 5. The summed E-state index contributed by atoms with van der Waals surface area (Å²) in [6.45, 7) is 4.33. The first-order valence-corrected chi connectivity index (χ1v) is 11.3. The summed E-state index contributed by atoms with van der Waals surface area (Å²) in [5.74, 6) is 1.40. The van der Waals surface area contributed by atoms with Crippen LogP contribution in [0.3, 0.4) is 0 Å². The SMILES string of the molecule is CC(C)c1nnc(Sc2ncnc3scc(-c4ccc(Cl)cc4)c23)n1C1CC1. The lowest BCUT2D eigenvalue weighted by molar-refractivity contribution is 0.599. The van der Waals surface area contributed by atoms with E-state index in [0.717, 1.165) is 42.4 Å². The molecular formula is C20H18ClN5S2. The Bertz CT molecular complexity index is 1150. The van der Waals surface area contributed by atoms with Crippen molar-refractivity contribution >= 4 is 44.9 Å². The normalized spacial score (nSPS) is 14.3. The largest absolute Gasteiger partial charge is 0.302 e. The van der Waals surface area contributed by atoms with Gasteiger partial charge in [-0.05, 0) is 42.3 Å². The topological polar surface area (TPSA) is 56.5 Å². The van der Waals surface area contributed by atoms with Crippen molar-refractivity contribution < 1.29 is 0 Å². The van der Waals surface area contributed by atoms with E-state index >= 15 is 0 Å². The van der Waals surface area contributed by atoms with Gasteiger partial charge in [0.2, 0.25) is 0 Å². The number of rotatable bonds is 5. The maximum absolute atomic E-state index is 6.07. The molecule has 1 aromatic carbocycles. The molecule has 28 heavy (non-hydrogen) atoms. The molecule has 142 valence electrons. The van der Waals surface area contributed by atoms with Crippen LogP contribution in [0.15, 0.2) is 46.2 Å². The van der Waals surface area contributed by atoms with E-state index in [1.807, 2.05) is 24.3 Å². The summed E-state index contributed by atoms with van der Waals surface area (Å²) in [6.07, 6.45) is 4.02. The van der Waals surface area contributed by atoms with Crippen molar-refractivity contribution in [3.63, 3.8) is 0 Å². The number of fused-ring (bicyclic) bond motifs is 1. The Hall–Kier alpha value is -1.96. The van der Waals surface area contributed by atoms with Gasteiger partial charge in [-0.25, -0.2) is 9.97 Å². The molecule has 5 nitrogen and oxygen atoms in total. The predicted octanol–water partition coefficient (Wildman–Crippen LogP) is 6.21. The molecule has 0 amide bonds. The summed E-state index contributed by atoms with van der Waals surface area (Å²) in [5, 5.41) is 14.7. The molecule has 1 aliphatic carbocycles. The van der Waals surface area contributed by atoms with Gasteiger partial charge in [0, 0.05) is 27.9 Å². The maximum atomic E-state index is 6.07. The van der Waals surface area contributed by atoms with E-state index in [4.69, 9.17) is 11.6 Å². The van der Waals surface area contributed by atoms with Gasteiger partial charge < -0.3 is 4.57 Å². The summed E-state index contributed by atoms with van der Waals surface area (Å²) in [4.78, 5) is 10.1. The van der Waals surface area contributed by atoms with Gasteiger partial charge in [-0.2, -0.15) is 0 Å². The van der Waals surface area contributed by atoms with Crippen molar-refractivity contribution in [1.82, 2.24) is 24.7 Å². The molecule has 1 saturated carbocycles. The average Bonchev–Trinajstić information content (AvgIpc) is 3.28. The summed E-state index contributed by atoms with van der Waals surface area (Å²) < 4.78 is 2.30. The minimum absolute atomic E-state index is 0.346. The number of nitrogens with zero attached hydrogens (tertiary/aromatic N) is 5.